The Bertz CT molecular complexity index is 235. The van der Waals surface area contributed by atoms with Gasteiger partial charge in [-0.2, -0.15) is 4.99 Å². The van der Waals surface area contributed by atoms with Crippen molar-refractivity contribution >= 4 is 11.7 Å². The van der Waals surface area contributed by atoms with Gasteiger partial charge in [-0.15, -0.1) is 0 Å². The van der Waals surface area contributed by atoms with Crippen LogP contribution in [0.3, 0.4) is 0 Å². The molecule has 54 valence electrons. The molecular weight excluding hydrogens is 126 g/mol. The first-order valence-electron chi connectivity index (χ1n) is 3.14. The number of nitrogens with zero attached hydrogens (tertiary/aromatic N) is 2. The van der Waals surface area contributed by atoms with Crippen LogP contribution in [0.15, 0.2) is 17.3 Å². The minimum absolute atomic E-state index is 0.443. The van der Waals surface area contributed by atoms with Crippen molar-refractivity contribution in [3.05, 3.63) is 12.3 Å². The molecule has 0 aromatic carbocycles. The highest BCUT2D eigenvalue weighted by Gasteiger charge is 2.35. The fraction of sp³-hybridized carbons (Fsp3) is 0.429. The van der Waals surface area contributed by atoms with Gasteiger partial charge in [0.05, 0.1) is 14.1 Å². The summed E-state index contributed by atoms with van der Waals surface area (Å²) in [7, 11) is 3.86. The minimum atomic E-state index is 0.443. The van der Waals surface area contributed by atoms with E-state index in [-0.39, 0.29) is 0 Å². The van der Waals surface area contributed by atoms with E-state index in [4.69, 9.17) is 5.41 Å². The Labute approximate surface area is 60.8 Å². The quantitative estimate of drug-likeness (QED) is 0.484. The predicted octanol–water partition coefficient (Wildman–Crippen LogP) is 0.986. The lowest BCUT2D eigenvalue weighted by Gasteiger charge is -2.20. The van der Waals surface area contributed by atoms with E-state index < -0.39 is 0 Å². The molecule has 3 heteroatoms. The monoisotopic (exact) mass is 138 g/mol. The van der Waals surface area contributed by atoms with Gasteiger partial charge in [0.1, 0.15) is 5.70 Å². The van der Waals surface area contributed by atoms with Gasteiger partial charge in [-0.3, -0.25) is 0 Å². The highest BCUT2D eigenvalue weighted by Crippen LogP contribution is 2.17. The molecule has 0 aliphatic carbocycles. The smallest absolute Gasteiger partial charge is 0.248 e. The van der Waals surface area contributed by atoms with Crippen molar-refractivity contribution in [2.45, 2.75) is 6.92 Å². The molecule has 0 fully saturated rings. The van der Waals surface area contributed by atoms with E-state index in [9.17, 15) is 0 Å². The lowest BCUT2D eigenvalue weighted by Crippen LogP contribution is -2.44. The van der Waals surface area contributed by atoms with Crippen molar-refractivity contribution in [3.8, 4) is 0 Å². The van der Waals surface area contributed by atoms with Crippen LogP contribution in [0.25, 0.3) is 0 Å². The zero-order chi connectivity index (χ0) is 7.94. The van der Waals surface area contributed by atoms with Crippen LogP contribution in [-0.2, 0) is 0 Å². The van der Waals surface area contributed by atoms with Crippen LogP contribution in [0.2, 0.25) is 0 Å². The lowest BCUT2D eigenvalue weighted by atomic mass is 10.4. The number of amidine groups is 2. The largest absolute Gasteiger partial charge is 0.251 e. The second-order valence-electron chi connectivity index (χ2n) is 2.91. The molecule has 0 unspecified atom stereocenters. The van der Waals surface area contributed by atoms with Crippen molar-refractivity contribution in [1.29, 1.82) is 5.41 Å². The fourth-order valence-corrected chi connectivity index (χ4v) is 0.858. The molecule has 1 aliphatic rings. The van der Waals surface area contributed by atoms with Gasteiger partial charge in [0.2, 0.25) is 5.84 Å². The summed E-state index contributed by atoms with van der Waals surface area (Å²) in [6, 6.07) is 0. The zero-order valence-electron chi connectivity index (χ0n) is 6.60. The van der Waals surface area contributed by atoms with Crippen molar-refractivity contribution in [2.24, 2.45) is 4.99 Å². The standard InChI is InChI=1S/C7H12N3/c1-5-7(8)10(3,4)6(2)9-5/h8H,1H2,2-4H3/q+1. The molecule has 1 heterocycles. The molecule has 0 saturated heterocycles. The summed E-state index contributed by atoms with van der Waals surface area (Å²) in [5, 5.41) is 7.55. The first kappa shape index (κ1) is 7.15. The Hall–Kier alpha value is -0.960. The Kier molecular flexibility index (Phi) is 1.26. The van der Waals surface area contributed by atoms with Crippen LogP contribution in [0.5, 0.6) is 0 Å². The van der Waals surface area contributed by atoms with Crippen LogP contribution >= 0.6 is 0 Å². The summed E-state index contributed by atoms with van der Waals surface area (Å²) in [5.41, 5.74) is 0.586. The van der Waals surface area contributed by atoms with Gasteiger partial charge in [0, 0.05) is 6.92 Å². The molecule has 0 aromatic heterocycles. The van der Waals surface area contributed by atoms with Crippen molar-refractivity contribution in [3.63, 3.8) is 0 Å². The summed E-state index contributed by atoms with van der Waals surface area (Å²) in [4.78, 5) is 4.09. The normalized spacial score (nSPS) is 23.3. The molecule has 0 saturated carbocycles. The maximum atomic E-state index is 7.55. The second kappa shape index (κ2) is 1.76. The van der Waals surface area contributed by atoms with E-state index in [1.165, 1.54) is 0 Å². The van der Waals surface area contributed by atoms with Gasteiger partial charge in [-0.25, -0.2) is 9.89 Å². The average molecular weight is 138 g/mol. The molecule has 0 amide bonds. The van der Waals surface area contributed by atoms with E-state index in [0.717, 1.165) is 5.84 Å². The van der Waals surface area contributed by atoms with Gasteiger partial charge in [0.15, 0.2) is 0 Å². The molecular formula is C7H12N3+. The van der Waals surface area contributed by atoms with Crippen LogP contribution in [-0.4, -0.2) is 30.2 Å². The number of quaternary nitrogens is 1. The summed E-state index contributed by atoms with van der Waals surface area (Å²) in [5.74, 6) is 1.41. The van der Waals surface area contributed by atoms with Gasteiger partial charge in [-0.1, -0.05) is 6.58 Å². The summed E-state index contributed by atoms with van der Waals surface area (Å²) in [6.07, 6.45) is 0. The third-order valence-electron chi connectivity index (χ3n) is 1.94. The van der Waals surface area contributed by atoms with Crippen molar-refractivity contribution in [2.75, 3.05) is 14.1 Å². The Morgan fingerprint density at radius 2 is 2.00 bits per heavy atom. The number of nitrogens with one attached hydrogen (secondary N) is 1. The molecule has 0 atom stereocenters. The number of hydrogen-bond donors (Lipinski definition) is 1. The van der Waals surface area contributed by atoms with E-state index in [0.29, 0.717) is 16.0 Å². The molecule has 10 heavy (non-hydrogen) atoms. The Morgan fingerprint density at radius 1 is 1.50 bits per heavy atom. The summed E-state index contributed by atoms with van der Waals surface area (Å²) in [6.45, 7) is 5.56. The highest BCUT2D eigenvalue weighted by molar-refractivity contribution is 6.03. The van der Waals surface area contributed by atoms with E-state index in [1.807, 2.05) is 21.0 Å². The first-order valence-corrected chi connectivity index (χ1v) is 3.14. The molecule has 1 N–H and O–H groups in total. The minimum Gasteiger partial charge on any atom is -0.248 e. The Morgan fingerprint density at radius 3 is 2.10 bits per heavy atom. The van der Waals surface area contributed by atoms with Gasteiger partial charge >= 0.3 is 0 Å². The van der Waals surface area contributed by atoms with Gasteiger partial charge in [-0.05, 0) is 0 Å². The maximum Gasteiger partial charge on any atom is 0.251 e. The first-order chi connectivity index (χ1) is 4.46. The van der Waals surface area contributed by atoms with Crippen LogP contribution in [0.4, 0.5) is 0 Å². The van der Waals surface area contributed by atoms with E-state index in [2.05, 4.69) is 11.6 Å². The van der Waals surface area contributed by atoms with Gasteiger partial charge < -0.3 is 0 Å². The van der Waals surface area contributed by atoms with Crippen LogP contribution < -0.4 is 0 Å². The second-order valence-corrected chi connectivity index (χ2v) is 2.91. The third-order valence-corrected chi connectivity index (χ3v) is 1.94. The van der Waals surface area contributed by atoms with Gasteiger partial charge in [0.25, 0.3) is 5.84 Å². The average Bonchev–Trinajstić information content (AvgIpc) is 1.97. The molecule has 0 radical (unpaired) electrons. The third kappa shape index (κ3) is 0.708. The number of hydrogen-bond acceptors (Lipinski definition) is 2. The van der Waals surface area contributed by atoms with E-state index in [1.54, 1.807) is 0 Å². The highest BCUT2D eigenvalue weighted by atomic mass is 15.4. The SMILES string of the molecule is C=C1N=C(C)[N+](C)(C)C1=N. The van der Waals surface area contributed by atoms with Crippen LogP contribution in [0, 0.1) is 5.41 Å². The molecule has 0 aromatic rings. The molecule has 0 spiro atoms. The molecule has 1 aliphatic heterocycles. The Balaban J connectivity index is 3.12. The molecule has 0 bridgehead atoms. The fourth-order valence-electron chi connectivity index (χ4n) is 0.858. The van der Waals surface area contributed by atoms with Crippen LogP contribution in [0.1, 0.15) is 6.92 Å². The predicted molar refractivity (Wildman–Crippen MR) is 42.1 cm³/mol. The molecule has 1 rings (SSSR count). The zero-order valence-corrected chi connectivity index (χ0v) is 6.60. The summed E-state index contributed by atoms with van der Waals surface area (Å²) < 4.78 is 0.443. The molecule has 3 nitrogen and oxygen atoms in total. The van der Waals surface area contributed by atoms with Crippen molar-refractivity contribution < 1.29 is 4.48 Å². The number of rotatable bonds is 0. The lowest BCUT2D eigenvalue weighted by molar-refractivity contribution is -0.697. The maximum absolute atomic E-state index is 7.55. The van der Waals surface area contributed by atoms with Crippen molar-refractivity contribution in [1.82, 2.24) is 0 Å². The van der Waals surface area contributed by atoms with E-state index >= 15 is 0 Å². The number of likely N-dealkylation sites (N-methyl/N-ethyl adjacent to an activating group) is 1. The number of aliphatic imine (C=N–C) groups is 1. The topological polar surface area (TPSA) is 36.2 Å². The summed E-state index contributed by atoms with van der Waals surface area (Å²) >= 11 is 0.